The molecule has 0 unspecified atom stereocenters. The van der Waals surface area contributed by atoms with Crippen molar-refractivity contribution in [1.29, 1.82) is 0 Å². The van der Waals surface area contributed by atoms with Gasteiger partial charge < -0.3 is 0 Å². The van der Waals surface area contributed by atoms with Gasteiger partial charge in [0.05, 0.1) is 22.7 Å². The zero-order valence-corrected chi connectivity index (χ0v) is 14.9. The minimum absolute atomic E-state index is 0.281. The second-order valence-corrected chi connectivity index (χ2v) is 7.50. The molecular formula is C24H16O4. The molecule has 0 heterocycles. The van der Waals surface area contributed by atoms with Crippen molar-refractivity contribution >= 4 is 23.1 Å². The van der Waals surface area contributed by atoms with Gasteiger partial charge in [0.25, 0.3) is 0 Å². The predicted octanol–water partition coefficient (Wildman–Crippen LogP) is 2.52. The van der Waals surface area contributed by atoms with Crippen molar-refractivity contribution in [3.05, 3.63) is 96.1 Å². The van der Waals surface area contributed by atoms with Crippen LogP contribution in [0.1, 0.15) is 11.1 Å². The summed E-state index contributed by atoms with van der Waals surface area (Å²) in [5, 5.41) is 0. The van der Waals surface area contributed by atoms with Crippen molar-refractivity contribution in [3.63, 3.8) is 0 Å². The van der Waals surface area contributed by atoms with Gasteiger partial charge in [0.2, 0.25) is 0 Å². The van der Waals surface area contributed by atoms with E-state index < -0.39 is 22.7 Å². The number of rotatable bonds is 2. The average Bonchev–Trinajstić information content (AvgIpc) is 2.70. The number of carbonyl (C=O) groups is 4. The van der Waals surface area contributed by atoms with Crippen LogP contribution in [0.25, 0.3) is 0 Å². The topological polar surface area (TPSA) is 68.3 Å². The van der Waals surface area contributed by atoms with E-state index in [4.69, 9.17) is 0 Å². The number of ketones is 4. The lowest BCUT2D eigenvalue weighted by molar-refractivity contribution is -0.171. The summed E-state index contributed by atoms with van der Waals surface area (Å²) in [6.45, 7) is 0. The van der Waals surface area contributed by atoms with Crippen LogP contribution in [0.3, 0.4) is 0 Å². The Balaban J connectivity index is 1.94. The smallest absolute Gasteiger partial charge is 0.168 e. The summed E-state index contributed by atoms with van der Waals surface area (Å²) in [6, 6.07) is 17.9. The van der Waals surface area contributed by atoms with E-state index in [1.165, 1.54) is 24.3 Å². The van der Waals surface area contributed by atoms with Gasteiger partial charge in [-0.2, -0.15) is 0 Å². The highest BCUT2D eigenvalue weighted by molar-refractivity contribution is 6.26. The van der Waals surface area contributed by atoms with E-state index in [1.54, 1.807) is 48.5 Å². The van der Waals surface area contributed by atoms with Crippen LogP contribution < -0.4 is 0 Å². The second-order valence-electron chi connectivity index (χ2n) is 7.50. The molecule has 3 aliphatic rings. The summed E-state index contributed by atoms with van der Waals surface area (Å²) in [5.41, 5.74) is -1.63. The van der Waals surface area contributed by atoms with E-state index in [1.807, 2.05) is 12.1 Å². The number of benzene rings is 2. The van der Waals surface area contributed by atoms with E-state index in [2.05, 4.69) is 0 Å². The van der Waals surface area contributed by atoms with Crippen molar-refractivity contribution in [1.82, 2.24) is 0 Å². The van der Waals surface area contributed by atoms with Crippen molar-refractivity contribution in [2.75, 3.05) is 0 Å². The first-order valence-corrected chi connectivity index (χ1v) is 9.20. The van der Waals surface area contributed by atoms with Crippen molar-refractivity contribution in [3.8, 4) is 0 Å². The zero-order valence-electron chi connectivity index (χ0n) is 14.9. The third-order valence-corrected chi connectivity index (χ3v) is 6.53. The fourth-order valence-corrected chi connectivity index (χ4v) is 5.63. The molecular weight excluding hydrogens is 352 g/mol. The van der Waals surface area contributed by atoms with E-state index >= 15 is 0 Å². The fourth-order valence-electron chi connectivity index (χ4n) is 5.63. The van der Waals surface area contributed by atoms with Crippen LogP contribution in [0.5, 0.6) is 0 Å². The van der Waals surface area contributed by atoms with E-state index in [-0.39, 0.29) is 23.1 Å². The largest absolute Gasteiger partial charge is 0.294 e. The Labute approximate surface area is 161 Å². The Hall–Kier alpha value is -3.40. The molecule has 0 spiro atoms. The Morgan fingerprint density at radius 1 is 0.500 bits per heavy atom. The SMILES string of the molecule is O=C1C=CC(=O)[C@@]2(c3ccccc3)[C@@H]1[C@@H]1C(=O)C=CC(=O)[C@@]12c1ccccc1. The van der Waals surface area contributed by atoms with Crippen LogP contribution in [0, 0.1) is 11.8 Å². The third kappa shape index (κ3) is 1.66. The van der Waals surface area contributed by atoms with Crippen molar-refractivity contribution in [2.45, 2.75) is 10.8 Å². The Bertz CT molecular complexity index is 1010. The monoisotopic (exact) mass is 368 g/mol. The first-order chi connectivity index (χ1) is 13.6. The van der Waals surface area contributed by atoms with Gasteiger partial charge in [-0.15, -0.1) is 0 Å². The molecule has 3 aliphatic carbocycles. The van der Waals surface area contributed by atoms with E-state index in [0.717, 1.165) is 0 Å². The van der Waals surface area contributed by atoms with Gasteiger partial charge in [-0.1, -0.05) is 60.7 Å². The van der Waals surface area contributed by atoms with Gasteiger partial charge in [-0.05, 0) is 35.4 Å². The highest BCUT2D eigenvalue weighted by atomic mass is 16.2. The molecule has 4 atom stereocenters. The summed E-state index contributed by atoms with van der Waals surface area (Å²) in [4.78, 5) is 52.8. The maximum Gasteiger partial charge on any atom is 0.168 e. The van der Waals surface area contributed by atoms with E-state index in [9.17, 15) is 19.2 Å². The van der Waals surface area contributed by atoms with Crippen LogP contribution in [-0.2, 0) is 30.0 Å². The number of hydrogen-bond donors (Lipinski definition) is 0. The summed E-state index contributed by atoms with van der Waals surface area (Å²) in [5.74, 6) is -2.93. The molecule has 0 N–H and O–H groups in total. The summed E-state index contributed by atoms with van der Waals surface area (Å²) in [7, 11) is 0. The van der Waals surface area contributed by atoms with Crippen molar-refractivity contribution in [2.24, 2.45) is 11.8 Å². The molecule has 1 fully saturated rings. The molecule has 28 heavy (non-hydrogen) atoms. The molecule has 5 rings (SSSR count). The molecule has 1 saturated carbocycles. The van der Waals surface area contributed by atoms with Crippen LogP contribution >= 0.6 is 0 Å². The van der Waals surface area contributed by atoms with Gasteiger partial charge in [0.15, 0.2) is 23.1 Å². The molecule has 4 heteroatoms. The molecule has 4 nitrogen and oxygen atoms in total. The maximum atomic E-state index is 13.5. The second kappa shape index (κ2) is 5.55. The minimum atomic E-state index is -1.41. The van der Waals surface area contributed by atoms with Crippen LogP contribution in [0.2, 0.25) is 0 Å². The Morgan fingerprint density at radius 3 is 1.21 bits per heavy atom. The van der Waals surface area contributed by atoms with Gasteiger partial charge in [0, 0.05) is 0 Å². The first-order valence-electron chi connectivity index (χ1n) is 9.20. The van der Waals surface area contributed by atoms with Crippen LogP contribution in [0.15, 0.2) is 85.0 Å². The predicted molar refractivity (Wildman–Crippen MR) is 102 cm³/mol. The third-order valence-electron chi connectivity index (χ3n) is 6.53. The maximum absolute atomic E-state index is 13.5. The zero-order chi connectivity index (χ0) is 19.5. The summed E-state index contributed by atoms with van der Waals surface area (Å²) in [6.07, 6.45) is 5.03. The number of hydrogen-bond acceptors (Lipinski definition) is 4. The normalized spacial score (nSPS) is 33.3. The standard InChI is InChI=1S/C24H16O4/c25-17-11-13-19(27)23(15-7-3-1-4-8-15)21(17)22-18(26)12-14-20(28)24(22,23)16-9-5-2-6-10-16/h1-14,21-22H/t21-,22-,23-,24-/m0/s1. The van der Waals surface area contributed by atoms with E-state index in [0.29, 0.717) is 11.1 Å². The van der Waals surface area contributed by atoms with Gasteiger partial charge in [-0.25, -0.2) is 0 Å². The Morgan fingerprint density at radius 2 is 0.857 bits per heavy atom. The molecule has 136 valence electrons. The molecule has 0 aliphatic heterocycles. The van der Waals surface area contributed by atoms with Crippen LogP contribution in [-0.4, -0.2) is 23.1 Å². The Kier molecular flexibility index (Phi) is 3.32. The lowest BCUT2D eigenvalue weighted by atomic mass is 9.29. The fraction of sp³-hybridized carbons (Fsp3) is 0.167. The lowest BCUT2D eigenvalue weighted by Gasteiger charge is -2.67. The quantitative estimate of drug-likeness (QED) is 0.817. The lowest BCUT2D eigenvalue weighted by Crippen LogP contribution is -2.81. The molecule has 0 aromatic heterocycles. The average molecular weight is 368 g/mol. The van der Waals surface area contributed by atoms with Gasteiger partial charge in [0.1, 0.15) is 0 Å². The highest BCUT2D eigenvalue weighted by Crippen LogP contribution is 2.69. The number of allylic oxidation sites excluding steroid dienone is 4. The van der Waals surface area contributed by atoms with Crippen LogP contribution in [0.4, 0.5) is 0 Å². The molecule has 2 aromatic carbocycles. The van der Waals surface area contributed by atoms with Gasteiger partial charge in [-0.3, -0.25) is 19.2 Å². The number of carbonyl (C=O) groups excluding carboxylic acids is 4. The minimum Gasteiger partial charge on any atom is -0.294 e. The summed E-state index contributed by atoms with van der Waals surface area (Å²) >= 11 is 0. The molecule has 0 saturated heterocycles. The molecule has 0 radical (unpaired) electrons. The first kappa shape index (κ1) is 16.8. The number of fused-ring (bicyclic) bond motifs is 4. The molecule has 0 amide bonds. The highest BCUT2D eigenvalue weighted by Gasteiger charge is 2.82. The van der Waals surface area contributed by atoms with Gasteiger partial charge >= 0.3 is 0 Å². The molecule has 2 aromatic rings. The molecule has 0 bridgehead atoms. The van der Waals surface area contributed by atoms with Crippen molar-refractivity contribution < 1.29 is 19.2 Å². The summed E-state index contributed by atoms with van der Waals surface area (Å²) < 4.78 is 0.